The van der Waals surface area contributed by atoms with Crippen molar-refractivity contribution >= 4 is 48.5 Å². The Morgan fingerprint density at radius 1 is 1.22 bits per heavy atom. The molecule has 0 aromatic heterocycles. The van der Waals surface area contributed by atoms with Gasteiger partial charge < -0.3 is 29.9 Å². The number of hydrogen-bond donors (Lipinski definition) is 4. The topological polar surface area (TPSA) is 207 Å². The number of aliphatic hydroxyl groups is 2. The molecule has 5 N–H and O–H groups in total. The summed E-state index contributed by atoms with van der Waals surface area (Å²) in [5, 5.41) is 26.7. The molecule has 45 heavy (non-hydrogen) atoms. The highest BCUT2D eigenvalue weighted by Gasteiger charge is 2.59. The lowest BCUT2D eigenvalue weighted by atomic mass is 9.94. The van der Waals surface area contributed by atoms with Gasteiger partial charge in [-0.3, -0.25) is 24.0 Å². The van der Waals surface area contributed by atoms with E-state index >= 15 is 0 Å². The van der Waals surface area contributed by atoms with Crippen LogP contribution < -0.4 is 15.3 Å². The van der Waals surface area contributed by atoms with E-state index in [4.69, 9.17) is 24.3 Å². The first-order valence-corrected chi connectivity index (χ1v) is 16.1. The Bertz CT molecular complexity index is 1590. The minimum Gasteiger partial charge on any atom is -0.465 e. The van der Waals surface area contributed by atoms with Crippen molar-refractivity contribution in [3.05, 3.63) is 42.5 Å². The van der Waals surface area contributed by atoms with Crippen LogP contribution in [0.4, 0.5) is 0 Å². The minimum atomic E-state index is -4.42. The largest absolute Gasteiger partial charge is 0.465 e. The highest BCUT2D eigenvalue weighted by atomic mass is 31.2. The van der Waals surface area contributed by atoms with Crippen molar-refractivity contribution in [1.29, 1.82) is 0 Å². The van der Waals surface area contributed by atoms with Crippen LogP contribution in [0.25, 0.3) is 10.8 Å². The van der Waals surface area contributed by atoms with Crippen LogP contribution in [0.2, 0.25) is 0 Å². The highest BCUT2D eigenvalue weighted by Crippen LogP contribution is 2.49. The van der Waals surface area contributed by atoms with Crippen molar-refractivity contribution in [2.75, 3.05) is 6.61 Å². The van der Waals surface area contributed by atoms with Crippen LogP contribution in [-0.4, -0.2) is 94.0 Å². The van der Waals surface area contributed by atoms with Gasteiger partial charge in [-0.05, 0) is 38.6 Å². The number of aliphatic imine (C=N–C) groups is 3. The van der Waals surface area contributed by atoms with Gasteiger partial charge in [-0.15, -0.1) is 0 Å². The van der Waals surface area contributed by atoms with E-state index in [-0.39, 0.29) is 24.2 Å². The van der Waals surface area contributed by atoms with Gasteiger partial charge in [-0.2, -0.15) is 15.1 Å². The summed E-state index contributed by atoms with van der Waals surface area (Å²) in [7, 11) is -4.42. The number of nitrogens with zero attached hydrogens (tertiary/aromatic N) is 4. The van der Waals surface area contributed by atoms with Crippen LogP contribution in [0.1, 0.15) is 40.5 Å². The van der Waals surface area contributed by atoms with E-state index in [0.29, 0.717) is 11.8 Å². The van der Waals surface area contributed by atoms with Crippen LogP contribution in [0.3, 0.4) is 0 Å². The molecule has 0 bridgehead atoms. The van der Waals surface area contributed by atoms with E-state index in [1.54, 1.807) is 24.3 Å². The van der Waals surface area contributed by atoms with Gasteiger partial charge >= 0.3 is 13.7 Å². The Balaban J connectivity index is 1.40. The fourth-order valence-electron chi connectivity index (χ4n) is 5.24. The molecule has 0 radical (unpaired) electrons. The molecular formula is C29H37N6O9P. The average molecular weight is 645 g/mol. The molecule has 2 aromatic carbocycles. The van der Waals surface area contributed by atoms with Crippen LogP contribution in [0.5, 0.6) is 5.75 Å². The molecule has 15 nitrogen and oxygen atoms in total. The number of aliphatic hydroxyl groups excluding tert-OH is 1. The number of ether oxygens (including phenoxy) is 2. The lowest BCUT2D eigenvalue weighted by molar-refractivity contribution is -0.145. The number of nitrogens with two attached hydrogens (primary N) is 1. The fraction of sp³-hybridized carbons (Fsp3) is 0.483. The predicted molar refractivity (Wildman–Crippen MR) is 165 cm³/mol. The zero-order valence-corrected chi connectivity index (χ0v) is 26.2. The number of amidine groups is 1. The second-order valence-electron chi connectivity index (χ2n) is 11.2. The van der Waals surface area contributed by atoms with Gasteiger partial charge in [0.15, 0.2) is 18.1 Å². The summed E-state index contributed by atoms with van der Waals surface area (Å²) in [6.45, 7) is 6.43. The van der Waals surface area contributed by atoms with Crippen LogP contribution >= 0.6 is 7.75 Å². The molecule has 8 atom stereocenters. The predicted octanol–water partition coefficient (Wildman–Crippen LogP) is 1.86. The zero-order valence-electron chi connectivity index (χ0n) is 25.3. The number of benzene rings is 2. The monoisotopic (exact) mass is 644 g/mol. The number of hydrogen-bond acceptors (Lipinski definition) is 13. The number of carbonyl (C=O) groups is 2. The molecule has 1 fully saturated rings. The molecule has 1 amide bonds. The number of rotatable bonds is 12. The molecule has 16 heteroatoms. The molecule has 0 aliphatic carbocycles. The van der Waals surface area contributed by atoms with Gasteiger partial charge in [-0.1, -0.05) is 49.7 Å². The summed E-state index contributed by atoms with van der Waals surface area (Å²) in [6, 6.07) is 10.3. The van der Waals surface area contributed by atoms with Crippen molar-refractivity contribution in [1.82, 2.24) is 9.99 Å². The molecule has 3 heterocycles. The van der Waals surface area contributed by atoms with Crippen molar-refractivity contribution in [2.24, 2.45) is 20.7 Å². The number of carbonyl (C=O) groups excluding carboxylic acids is 2. The second-order valence-corrected chi connectivity index (χ2v) is 12.9. The number of fused-ring (bicyclic) bond motifs is 2. The molecular weight excluding hydrogens is 607 g/mol. The van der Waals surface area contributed by atoms with Crippen molar-refractivity contribution in [3.8, 4) is 5.75 Å². The summed E-state index contributed by atoms with van der Waals surface area (Å²) in [5.41, 5.74) is 3.72. The Hall–Kier alpha value is -3.72. The second kappa shape index (κ2) is 12.9. The van der Waals surface area contributed by atoms with Gasteiger partial charge in [0.1, 0.15) is 29.6 Å². The first-order valence-electron chi connectivity index (χ1n) is 14.6. The van der Waals surface area contributed by atoms with E-state index in [1.807, 2.05) is 25.1 Å². The molecule has 1 saturated heterocycles. The normalized spacial score (nSPS) is 28.7. The van der Waals surface area contributed by atoms with Gasteiger partial charge in [-0.25, -0.2) is 4.57 Å². The van der Waals surface area contributed by atoms with Crippen molar-refractivity contribution in [2.45, 2.75) is 82.8 Å². The Labute approximate surface area is 259 Å². The Kier molecular flexibility index (Phi) is 9.40. The lowest BCUT2D eigenvalue weighted by Gasteiger charge is -2.33. The molecule has 0 saturated carbocycles. The first-order chi connectivity index (χ1) is 21.3. The lowest BCUT2D eigenvalue weighted by Crippen LogP contribution is -2.55. The molecule has 2 aromatic rings. The molecule has 2 unspecified atom stereocenters. The van der Waals surface area contributed by atoms with Crippen molar-refractivity contribution in [3.63, 3.8) is 0 Å². The van der Waals surface area contributed by atoms with E-state index in [9.17, 15) is 24.4 Å². The number of nitrogens with one attached hydrogen (secondary N) is 1. The maximum absolute atomic E-state index is 14.4. The van der Waals surface area contributed by atoms with Crippen LogP contribution in [-0.2, 0) is 28.2 Å². The Morgan fingerprint density at radius 2 is 1.96 bits per heavy atom. The third-order valence-corrected chi connectivity index (χ3v) is 9.42. The summed E-state index contributed by atoms with van der Waals surface area (Å²) in [5.74, 6) is -1.29. The van der Waals surface area contributed by atoms with Gasteiger partial charge in [0, 0.05) is 5.39 Å². The van der Waals surface area contributed by atoms with Gasteiger partial charge in [0.2, 0.25) is 5.96 Å². The summed E-state index contributed by atoms with van der Waals surface area (Å²) in [4.78, 5) is 38.1. The standard InChI is InChI=1S/C29H37N6O9P/c1-5-6-14-41-26(38)16(2)34-45(40,44-20-13-9-11-18-10-7-8-12-19(18)20)43-17(3)22-23(36)29(4,39)27(42-22)35-15-31-21-24(35)32-28(30)33-25(21)37/h7-13,15-17,21-23,27,36,39H,5-6,14H2,1-4H3,(H,34,40)(H2,30,33,37)/t16-,17+,21?,22+,23+,27+,29+,45?/m0/s1. The average Bonchev–Trinajstić information content (AvgIpc) is 3.50. The summed E-state index contributed by atoms with van der Waals surface area (Å²) >= 11 is 0. The maximum atomic E-state index is 14.4. The van der Waals surface area contributed by atoms with Crippen LogP contribution in [0.15, 0.2) is 57.4 Å². The smallest absolute Gasteiger partial charge is 0.459 e. The van der Waals surface area contributed by atoms with E-state index in [2.05, 4.69) is 20.1 Å². The highest BCUT2D eigenvalue weighted by molar-refractivity contribution is 7.52. The van der Waals surface area contributed by atoms with Crippen LogP contribution in [0, 0.1) is 0 Å². The minimum absolute atomic E-state index is 0.0706. The van der Waals surface area contributed by atoms with E-state index in [0.717, 1.165) is 11.8 Å². The first kappa shape index (κ1) is 32.7. The third-order valence-electron chi connectivity index (χ3n) is 7.67. The summed E-state index contributed by atoms with van der Waals surface area (Å²) < 4.78 is 37.8. The molecule has 5 rings (SSSR count). The summed E-state index contributed by atoms with van der Waals surface area (Å²) in [6.07, 6.45) is -2.62. The van der Waals surface area contributed by atoms with E-state index in [1.165, 1.54) is 32.0 Å². The molecule has 0 spiro atoms. The Morgan fingerprint density at radius 3 is 2.71 bits per heavy atom. The number of guanidine groups is 1. The SMILES string of the molecule is CCCCOC(=O)[C@H](C)NP(=O)(Oc1cccc2ccccc12)O[C@H](C)[C@H]1O[C@@H](N2C=NC3C(=O)N=C(N)N=C32)[C@](C)(O)[C@@H]1O. The quantitative estimate of drug-likeness (QED) is 0.148. The number of esters is 1. The maximum Gasteiger partial charge on any atom is 0.459 e. The number of amides is 1. The molecule has 3 aliphatic rings. The molecule has 3 aliphatic heterocycles. The van der Waals surface area contributed by atoms with Crippen molar-refractivity contribution < 1.29 is 42.9 Å². The zero-order chi connectivity index (χ0) is 32.5. The van der Waals surface area contributed by atoms with Gasteiger partial charge in [0.05, 0.1) is 19.0 Å². The fourth-order valence-corrected chi connectivity index (χ4v) is 6.96. The molecule has 242 valence electrons. The third kappa shape index (κ3) is 6.64. The van der Waals surface area contributed by atoms with E-state index < -0.39 is 61.8 Å². The number of unbranched alkanes of at least 4 members (excludes halogenated alkanes) is 1. The van der Waals surface area contributed by atoms with Gasteiger partial charge in [0.25, 0.3) is 5.91 Å².